The fourth-order valence-corrected chi connectivity index (χ4v) is 2.62. The van der Waals surface area contributed by atoms with Crippen LogP contribution in [0.3, 0.4) is 0 Å². The van der Waals surface area contributed by atoms with E-state index in [1.807, 2.05) is 0 Å². The van der Waals surface area contributed by atoms with E-state index in [9.17, 15) is 22.8 Å². The minimum Gasteiger partial charge on any atom is -0.466 e. The Labute approximate surface area is 155 Å². The van der Waals surface area contributed by atoms with Gasteiger partial charge in [-0.3, -0.25) is 10.1 Å². The number of nitrogens with one attached hydrogen (secondary N) is 1. The molecule has 1 heterocycles. The summed E-state index contributed by atoms with van der Waals surface area (Å²) in [5.74, 6) is -1.38. The Morgan fingerprint density at radius 1 is 1.37 bits per heavy atom. The van der Waals surface area contributed by atoms with Crippen LogP contribution in [0.25, 0.3) is 0 Å². The van der Waals surface area contributed by atoms with Crippen molar-refractivity contribution in [3.8, 4) is 0 Å². The van der Waals surface area contributed by atoms with Gasteiger partial charge in [-0.25, -0.2) is 4.79 Å². The van der Waals surface area contributed by atoms with Gasteiger partial charge in [0.2, 0.25) is 0 Å². The number of amides is 1. The van der Waals surface area contributed by atoms with Crippen molar-refractivity contribution in [3.63, 3.8) is 0 Å². The molecule has 3 N–H and O–H groups in total. The van der Waals surface area contributed by atoms with Crippen LogP contribution in [0, 0.1) is 0 Å². The number of alkyl halides is 3. The van der Waals surface area contributed by atoms with Crippen LogP contribution in [-0.2, 0) is 20.5 Å². The molecule has 1 aromatic carbocycles. The summed E-state index contributed by atoms with van der Waals surface area (Å²) in [6, 6.07) is 2.68. The van der Waals surface area contributed by atoms with E-state index in [0.29, 0.717) is 6.07 Å². The molecule has 27 heavy (non-hydrogen) atoms. The van der Waals surface area contributed by atoms with Gasteiger partial charge in [0, 0.05) is 11.6 Å². The number of thioether (sulfide) groups is 1. The maximum absolute atomic E-state index is 13.1. The maximum atomic E-state index is 13.1. The van der Waals surface area contributed by atoms with Crippen LogP contribution in [0.15, 0.2) is 39.4 Å². The highest BCUT2D eigenvalue weighted by atomic mass is 32.2. The van der Waals surface area contributed by atoms with Gasteiger partial charge in [-0.1, -0.05) is 12.1 Å². The SMILES string of the molecule is COC(=O)/C=C1/S/C(=N\N=Cc2ccc(B(O)O)cc2C(F)(F)F)NC1=O. The zero-order valence-corrected chi connectivity index (χ0v) is 14.3. The zero-order valence-electron chi connectivity index (χ0n) is 13.5. The summed E-state index contributed by atoms with van der Waals surface area (Å²) >= 11 is 0.761. The van der Waals surface area contributed by atoms with Gasteiger partial charge in [0.15, 0.2) is 5.17 Å². The van der Waals surface area contributed by atoms with Gasteiger partial charge in [0.05, 0.1) is 23.8 Å². The van der Waals surface area contributed by atoms with E-state index >= 15 is 0 Å². The number of benzene rings is 1. The number of carbonyl (C=O) groups excluding carboxylic acids is 2. The standard InChI is InChI=1S/C14H11BF3N3O5S/c1-26-11(22)5-10-12(23)20-13(27-10)21-19-6-7-2-3-8(15(24)25)4-9(7)14(16,17)18/h2-6,24-25H,1H3,(H,20,21,23)/b10-5+,19-6?. The number of hydrogen-bond donors (Lipinski definition) is 3. The highest BCUT2D eigenvalue weighted by Gasteiger charge is 2.34. The van der Waals surface area contributed by atoms with Crippen LogP contribution in [0.5, 0.6) is 0 Å². The van der Waals surface area contributed by atoms with Gasteiger partial charge in [-0.05, 0) is 23.3 Å². The number of carbonyl (C=O) groups is 2. The monoisotopic (exact) mass is 401 g/mol. The molecule has 0 spiro atoms. The van der Waals surface area contributed by atoms with Gasteiger partial charge >= 0.3 is 19.3 Å². The van der Waals surface area contributed by atoms with Crippen LogP contribution < -0.4 is 10.8 Å². The Balaban J connectivity index is 2.24. The summed E-state index contributed by atoms with van der Waals surface area (Å²) in [4.78, 5) is 22.7. The van der Waals surface area contributed by atoms with E-state index in [0.717, 1.165) is 43.3 Å². The van der Waals surface area contributed by atoms with Crippen molar-refractivity contribution in [2.75, 3.05) is 7.11 Å². The molecule has 142 valence electrons. The van der Waals surface area contributed by atoms with Gasteiger partial charge in [-0.2, -0.15) is 18.3 Å². The lowest BCUT2D eigenvalue weighted by molar-refractivity contribution is -0.137. The summed E-state index contributed by atoms with van der Waals surface area (Å²) in [6.07, 6.45) is -3.02. The second-order valence-corrected chi connectivity index (χ2v) is 5.99. The zero-order chi connectivity index (χ0) is 20.2. The summed E-state index contributed by atoms with van der Waals surface area (Å²) in [5.41, 5.74) is -1.83. The van der Waals surface area contributed by atoms with Crippen LogP contribution in [0.1, 0.15) is 11.1 Å². The molecule has 0 atom stereocenters. The average Bonchev–Trinajstić information content (AvgIpc) is 2.93. The van der Waals surface area contributed by atoms with E-state index in [4.69, 9.17) is 10.0 Å². The number of halogens is 3. The van der Waals surface area contributed by atoms with Crippen molar-refractivity contribution in [3.05, 3.63) is 40.3 Å². The average molecular weight is 401 g/mol. The Morgan fingerprint density at radius 3 is 2.67 bits per heavy atom. The van der Waals surface area contributed by atoms with Crippen molar-refractivity contribution < 1.29 is 37.5 Å². The lowest BCUT2D eigenvalue weighted by atomic mass is 9.79. The number of ether oxygens (including phenoxy) is 1. The van der Waals surface area contributed by atoms with Crippen molar-refractivity contribution >= 4 is 47.6 Å². The summed E-state index contributed by atoms with van der Waals surface area (Å²) in [7, 11) is -0.919. The summed E-state index contributed by atoms with van der Waals surface area (Å²) in [6.45, 7) is 0. The van der Waals surface area contributed by atoms with Crippen LogP contribution in [0.4, 0.5) is 13.2 Å². The number of amidine groups is 1. The Bertz CT molecular complexity index is 855. The summed E-state index contributed by atoms with van der Waals surface area (Å²) in [5, 5.41) is 27.3. The molecule has 0 aromatic heterocycles. The largest absolute Gasteiger partial charge is 0.488 e. The number of esters is 1. The third kappa shape index (κ3) is 5.42. The topological polar surface area (TPSA) is 121 Å². The molecular weight excluding hydrogens is 390 g/mol. The van der Waals surface area contributed by atoms with Crippen molar-refractivity contribution in [1.82, 2.24) is 5.32 Å². The molecule has 1 aliphatic heterocycles. The lowest BCUT2D eigenvalue weighted by Gasteiger charge is -2.11. The molecule has 0 unspecified atom stereocenters. The van der Waals surface area contributed by atoms with Gasteiger partial charge < -0.3 is 14.8 Å². The number of methoxy groups -OCH3 is 1. The maximum Gasteiger partial charge on any atom is 0.488 e. The van der Waals surface area contributed by atoms with Gasteiger partial charge in [-0.15, -0.1) is 5.10 Å². The quantitative estimate of drug-likeness (QED) is 0.215. The minimum absolute atomic E-state index is 0.00642. The van der Waals surface area contributed by atoms with E-state index < -0.39 is 30.7 Å². The Hall–Kier alpha value is -2.64. The molecule has 0 bridgehead atoms. The van der Waals surface area contributed by atoms with Crippen molar-refractivity contribution in [2.45, 2.75) is 6.18 Å². The molecular formula is C14H11BF3N3O5S. The normalized spacial score (nSPS) is 17.6. The molecule has 1 saturated heterocycles. The smallest absolute Gasteiger partial charge is 0.466 e. The molecule has 0 aliphatic carbocycles. The lowest BCUT2D eigenvalue weighted by Crippen LogP contribution is -2.31. The van der Waals surface area contributed by atoms with Crippen LogP contribution in [-0.4, -0.2) is 47.5 Å². The van der Waals surface area contributed by atoms with Gasteiger partial charge in [0.1, 0.15) is 0 Å². The van der Waals surface area contributed by atoms with Gasteiger partial charge in [0.25, 0.3) is 5.91 Å². The first-order valence-electron chi connectivity index (χ1n) is 7.09. The predicted octanol–water partition coefficient (Wildman–Crippen LogP) is -0.00500. The number of hydrogen-bond acceptors (Lipinski definition) is 8. The van der Waals surface area contributed by atoms with Crippen LogP contribution in [0.2, 0.25) is 0 Å². The predicted molar refractivity (Wildman–Crippen MR) is 92.1 cm³/mol. The highest BCUT2D eigenvalue weighted by Crippen LogP contribution is 2.31. The Morgan fingerprint density at radius 2 is 2.07 bits per heavy atom. The third-order valence-corrected chi connectivity index (χ3v) is 4.03. The van der Waals surface area contributed by atoms with E-state index in [1.165, 1.54) is 0 Å². The van der Waals surface area contributed by atoms with E-state index in [1.54, 1.807) is 0 Å². The highest BCUT2D eigenvalue weighted by molar-refractivity contribution is 8.18. The van der Waals surface area contributed by atoms with E-state index in [-0.39, 0.29) is 21.1 Å². The second-order valence-electron chi connectivity index (χ2n) is 4.96. The molecule has 8 nitrogen and oxygen atoms in total. The van der Waals surface area contributed by atoms with Crippen molar-refractivity contribution in [1.29, 1.82) is 0 Å². The first kappa shape index (κ1) is 20.7. The molecule has 13 heteroatoms. The fraction of sp³-hybridized carbons (Fsp3) is 0.143. The molecule has 2 rings (SSSR count). The fourth-order valence-electron chi connectivity index (χ4n) is 1.88. The number of rotatable bonds is 4. The second kappa shape index (κ2) is 8.37. The molecule has 1 amide bonds. The third-order valence-electron chi connectivity index (χ3n) is 3.13. The minimum atomic E-state index is -4.76. The van der Waals surface area contributed by atoms with Crippen LogP contribution >= 0.6 is 11.8 Å². The van der Waals surface area contributed by atoms with Crippen molar-refractivity contribution in [2.24, 2.45) is 10.2 Å². The molecule has 0 radical (unpaired) electrons. The van der Waals surface area contributed by atoms with E-state index in [2.05, 4.69) is 20.3 Å². The molecule has 0 saturated carbocycles. The number of nitrogens with zero attached hydrogens (tertiary/aromatic N) is 2. The summed E-state index contributed by atoms with van der Waals surface area (Å²) < 4.78 is 43.7. The Kier molecular flexibility index (Phi) is 6.41. The molecule has 1 aliphatic rings. The molecule has 1 fully saturated rings. The first-order chi connectivity index (χ1) is 12.6. The first-order valence-corrected chi connectivity index (χ1v) is 7.90. The molecule has 1 aromatic rings.